The smallest absolute Gasteiger partial charge is 0.240 e. The summed E-state index contributed by atoms with van der Waals surface area (Å²) in [5.41, 5.74) is 1.07. The Balaban J connectivity index is 1.41. The summed E-state index contributed by atoms with van der Waals surface area (Å²) >= 11 is 0. The number of hydrogen-bond acceptors (Lipinski definition) is 7. The van der Waals surface area contributed by atoms with Crippen LogP contribution in [-0.4, -0.2) is 51.2 Å². The zero-order valence-corrected chi connectivity index (χ0v) is 16.2. The van der Waals surface area contributed by atoms with E-state index in [1.54, 1.807) is 0 Å². The molecule has 0 unspecified atom stereocenters. The van der Waals surface area contributed by atoms with E-state index in [4.69, 9.17) is 4.52 Å². The summed E-state index contributed by atoms with van der Waals surface area (Å²) in [6.07, 6.45) is 1.42. The van der Waals surface area contributed by atoms with Crippen molar-refractivity contribution in [1.82, 2.24) is 25.0 Å². The van der Waals surface area contributed by atoms with Gasteiger partial charge in [-0.1, -0.05) is 49.3 Å². The number of aromatic nitrogens is 4. The van der Waals surface area contributed by atoms with Crippen LogP contribution in [-0.2, 0) is 6.54 Å². The van der Waals surface area contributed by atoms with E-state index in [-0.39, 0.29) is 17.8 Å². The van der Waals surface area contributed by atoms with Crippen LogP contribution < -0.4 is 4.90 Å². The van der Waals surface area contributed by atoms with Crippen LogP contribution in [0, 0.1) is 5.82 Å². The second-order valence-electron chi connectivity index (χ2n) is 7.40. The van der Waals surface area contributed by atoms with E-state index in [2.05, 4.69) is 25.0 Å². The van der Waals surface area contributed by atoms with Crippen LogP contribution in [0.2, 0.25) is 0 Å². The van der Waals surface area contributed by atoms with Crippen molar-refractivity contribution in [3.05, 3.63) is 54.2 Å². The predicted octanol–water partition coefficient (Wildman–Crippen LogP) is 3.11. The van der Waals surface area contributed by atoms with Crippen molar-refractivity contribution in [3.63, 3.8) is 0 Å². The van der Waals surface area contributed by atoms with Gasteiger partial charge in [0.2, 0.25) is 5.89 Å². The fourth-order valence-corrected chi connectivity index (χ4v) is 3.19. The molecule has 0 spiro atoms. The second-order valence-corrected chi connectivity index (χ2v) is 7.40. The standard InChI is InChI=1S/C20H23FN6O/c1-13(2)19-24-16(28-25-19)11-26(3)15-9-27(10-15)20-17(21)18(22-12-23-20)14-7-5-4-6-8-14/h4-8,12-13,15H,9-11H2,1-3H3. The van der Waals surface area contributed by atoms with E-state index < -0.39 is 0 Å². The number of rotatable bonds is 6. The van der Waals surface area contributed by atoms with Crippen LogP contribution in [0.25, 0.3) is 11.3 Å². The van der Waals surface area contributed by atoms with Gasteiger partial charge in [0.25, 0.3) is 0 Å². The summed E-state index contributed by atoms with van der Waals surface area (Å²) in [5, 5.41) is 3.99. The topological polar surface area (TPSA) is 71.2 Å². The zero-order chi connectivity index (χ0) is 19.7. The Hall–Kier alpha value is -2.87. The maximum Gasteiger partial charge on any atom is 0.240 e. The minimum atomic E-state index is -0.381. The Morgan fingerprint density at radius 3 is 2.64 bits per heavy atom. The molecule has 0 saturated carbocycles. The summed E-state index contributed by atoms with van der Waals surface area (Å²) < 4.78 is 20.3. The number of benzene rings is 1. The first-order valence-corrected chi connectivity index (χ1v) is 9.36. The Morgan fingerprint density at radius 2 is 1.96 bits per heavy atom. The average Bonchev–Trinajstić information content (AvgIpc) is 3.11. The van der Waals surface area contributed by atoms with Crippen LogP contribution in [0.15, 0.2) is 41.2 Å². The van der Waals surface area contributed by atoms with Gasteiger partial charge in [0.1, 0.15) is 12.0 Å². The molecule has 0 N–H and O–H groups in total. The van der Waals surface area contributed by atoms with Gasteiger partial charge in [-0.15, -0.1) is 0 Å². The molecular weight excluding hydrogens is 359 g/mol. The molecule has 8 heteroatoms. The Morgan fingerprint density at radius 1 is 1.21 bits per heavy atom. The van der Waals surface area contributed by atoms with E-state index in [1.165, 1.54) is 6.33 Å². The van der Waals surface area contributed by atoms with Crippen molar-refractivity contribution < 1.29 is 8.91 Å². The van der Waals surface area contributed by atoms with Gasteiger partial charge in [0.05, 0.1) is 6.54 Å². The molecule has 146 valence electrons. The zero-order valence-electron chi connectivity index (χ0n) is 16.2. The lowest BCUT2D eigenvalue weighted by atomic mass is 10.1. The fourth-order valence-electron chi connectivity index (χ4n) is 3.19. The maximum atomic E-state index is 15.0. The second kappa shape index (κ2) is 7.63. The minimum Gasteiger partial charge on any atom is -0.351 e. The molecule has 1 aliphatic rings. The molecule has 0 amide bonds. The highest BCUT2D eigenvalue weighted by Crippen LogP contribution is 2.29. The number of likely N-dealkylation sites (N-methyl/N-ethyl adjacent to an activating group) is 1. The SMILES string of the molecule is CC(C)c1noc(CN(C)C2CN(c3ncnc(-c4ccccc4)c3F)C2)n1. The Kier molecular flexibility index (Phi) is 5.04. The Labute approximate surface area is 163 Å². The third kappa shape index (κ3) is 3.60. The lowest BCUT2D eigenvalue weighted by Gasteiger charge is -2.44. The maximum absolute atomic E-state index is 15.0. The predicted molar refractivity (Wildman–Crippen MR) is 103 cm³/mol. The van der Waals surface area contributed by atoms with Gasteiger partial charge in [0, 0.05) is 30.6 Å². The molecule has 0 radical (unpaired) electrons. The van der Waals surface area contributed by atoms with E-state index in [0.717, 1.165) is 11.4 Å². The summed E-state index contributed by atoms with van der Waals surface area (Å²) in [6, 6.07) is 9.59. The third-order valence-electron chi connectivity index (χ3n) is 4.99. The molecule has 0 aliphatic carbocycles. The van der Waals surface area contributed by atoms with Crippen molar-refractivity contribution >= 4 is 5.82 Å². The van der Waals surface area contributed by atoms with Gasteiger partial charge in [-0.3, -0.25) is 4.90 Å². The van der Waals surface area contributed by atoms with Gasteiger partial charge >= 0.3 is 0 Å². The highest BCUT2D eigenvalue weighted by molar-refractivity contribution is 5.64. The molecular formula is C20H23FN6O. The van der Waals surface area contributed by atoms with Crippen molar-refractivity contribution in [2.75, 3.05) is 25.0 Å². The molecule has 1 aromatic carbocycles. The summed E-state index contributed by atoms with van der Waals surface area (Å²) in [5.74, 6) is 1.52. The number of anilines is 1. The first kappa shape index (κ1) is 18.5. The van der Waals surface area contributed by atoms with E-state index in [1.807, 2.05) is 56.1 Å². The Bertz CT molecular complexity index is 939. The third-order valence-corrected chi connectivity index (χ3v) is 4.99. The molecule has 1 saturated heterocycles. The van der Waals surface area contributed by atoms with Crippen molar-refractivity contribution in [2.45, 2.75) is 32.4 Å². The number of hydrogen-bond donors (Lipinski definition) is 0. The van der Waals surface area contributed by atoms with E-state index in [9.17, 15) is 4.39 Å². The highest BCUT2D eigenvalue weighted by atomic mass is 19.1. The molecule has 1 aliphatic heterocycles. The van der Waals surface area contributed by atoms with Gasteiger partial charge in [0.15, 0.2) is 17.5 Å². The van der Waals surface area contributed by atoms with Crippen molar-refractivity contribution in [1.29, 1.82) is 0 Å². The first-order chi connectivity index (χ1) is 13.5. The number of nitrogens with zero attached hydrogens (tertiary/aromatic N) is 6. The van der Waals surface area contributed by atoms with E-state index >= 15 is 0 Å². The molecule has 28 heavy (non-hydrogen) atoms. The molecule has 0 bridgehead atoms. The highest BCUT2D eigenvalue weighted by Gasteiger charge is 2.34. The van der Waals surface area contributed by atoms with Crippen LogP contribution >= 0.6 is 0 Å². The molecule has 2 aromatic heterocycles. The molecule has 1 fully saturated rings. The van der Waals surface area contributed by atoms with Crippen LogP contribution in [0.4, 0.5) is 10.2 Å². The summed E-state index contributed by atoms with van der Waals surface area (Å²) in [7, 11) is 2.01. The molecule has 0 atom stereocenters. The monoisotopic (exact) mass is 382 g/mol. The van der Waals surface area contributed by atoms with Crippen molar-refractivity contribution in [3.8, 4) is 11.3 Å². The van der Waals surface area contributed by atoms with Crippen LogP contribution in [0.1, 0.15) is 31.5 Å². The van der Waals surface area contributed by atoms with Gasteiger partial charge in [-0.25, -0.2) is 14.4 Å². The first-order valence-electron chi connectivity index (χ1n) is 9.36. The molecule has 3 aromatic rings. The van der Waals surface area contributed by atoms with Crippen molar-refractivity contribution in [2.24, 2.45) is 0 Å². The van der Waals surface area contributed by atoms with Gasteiger partial charge in [-0.05, 0) is 7.05 Å². The fraction of sp³-hybridized carbons (Fsp3) is 0.400. The van der Waals surface area contributed by atoms with Crippen LogP contribution in [0.3, 0.4) is 0 Å². The molecule has 4 rings (SSSR count). The lowest BCUT2D eigenvalue weighted by Crippen LogP contribution is -2.58. The van der Waals surface area contributed by atoms with Gasteiger partial charge < -0.3 is 9.42 Å². The summed E-state index contributed by atoms with van der Waals surface area (Å²) in [6.45, 7) is 6.00. The number of halogens is 1. The van der Waals surface area contributed by atoms with E-state index in [0.29, 0.717) is 37.0 Å². The minimum absolute atomic E-state index is 0.238. The lowest BCUT2D eigenvalue weighted by molar-refractivity contribution is 0.173. The molecule has 7 nitrogen and oxygen atoms in total. The largest absolute Gasteiger partial charge is 0.351 e. The summed E-state index contributed by atoms with van der Waals surface area (Å²) in [4.78, 5) is 16.8. The molecule has 3 heterocycles. The normalized spacial score (nSPS) is 14.7. The van der Waals surface area contributed by atoms with Crippen LogP contribution in [0.5, 0.6) is 0 Å². The average molecular weight is 382 g/mol. The van der Waals surface area contributed by atoms with Gasteiger partial charge in [-0.2, -0.15) is 4.98 Å². The quantitative estimate of drug-likeness (QED) is 0.649.